The number of fused-ring (bicyclic) bond motifs is 1. The first-order valence-corrected chi connectivity index (χ1v) is 8.72. The van der Waals surface area contributed by atoms with Crippen LogP contribution in [0.25, 0.3) is 5.69 Å². The minimum atomic E-state index is -0.727. The Labute approximate surface area is 161 Å². The lowest BCUT2D eigenvalue weighted by Gasteiger charge is -2.21. The van der Waals surface area contributed by atoms with Crippen molar-refractivity contribution >= 4 is 17.7 Å². The van der Waals surface area contributed by atoms with E-state index in [1.54, 1.807) is 13.0 Å². The zero-order valence-corrected chi connectivity index (χ0v) is 15.7. The van der Waals surface area contributed by atoms with E-state index < -0.39 is 30.8 Å². The van der Waals surface area contributed by atoms with Gasteiger partial charge in [0.2, 0.25) is 11.8 Å². The molecule has 1 aliphatic rings. The van der Waals surface area contributed by atoms with Crippen LogP contribution in [0.4, 0.5) is 0 Å². The predicted octanol–water partition coefficient (Wildman–Crippen LogP) is 0.278. The van der Waals surface area contributed by atoms with Crippen LogP contribution in [-0.4, -0.2) is 53.5 Å². The Morgan fingerprint density at radius 3 is 2.21 bits per heavy atom. The van der Waals surface area contributed by atoms with Gasteiger partial charge in [-0.15, -0.1) is 0 Å². The van der Waals surface area contributed by atoms with Gasteiger partial charge >= 0.3 is 0 Å². The first-order valence-electron chi connectivity index (χ1n) is 8.72. The summed E-state index contributed by atoms with van der Waals surface area (Å²) in [4.78, 5) is 36.5. The summed E-state index contributed by atoms with van der Waals surface area (Å²) >= 11 is 0. The van der Waals surface area contributed by atoms with Crippen molar-refractivity contribution in [1.29, 1.82) is 0 Å². The highest BCUT2D eigenvalue weighted by molar-refractivity contribution is 5.99. The molecule has 9 nitrogen and oxygen atoms in total. The van der Waals surface area contributed by atoms with Crippen LogP contribution in [0.5, 0.6) is 11.5 Å². The molecule has 4 N–H and O–H groups in total. The molecule has 2 aromatic rings. The van der Waals surface area contributed by atoms with E-state index in [0.29, 0.717) is 36.0 Å². The molecule has 0 atom stereocenters. The molecule has 0 saturated carbocycles. The smallest absolute Gasteiger partial charge is 0.256 e. The topological polar surface area (TPSA) is 130 Å². The van der Waals surface area contributed by atoms with Crippen LogP contribution in [0.2, 0.25) is 0 Å². The summed E-state index contributed by atoms with van der Waals surface area (Å²) in [5, 5.41) is 0. The molecule has 0 aliphatic carbocycles. The first-order chi connectivity index (χ1) is 13.3. The normalized spacial score (nSPS) is 12.5. The molecule has 2 heterocycles. The van der Waals surface area contributed by atoms with Crippen LogP contribution in [0, 0.1) is 13.8 Å². The van der Waals surface area contributed by atoms with E-state index >= 15 is 0 Å². The molecule has 9 heteroatoms. The summed E-state index contributed by atoms with van der Waals surface area (Å²) in [6.07, 6.45) is 0. The lowest BCUT2D eigenvalue weighted by molar-refractivity contribution is -0.121. The average molecular weight is 386 g/mol. The minimum Gasteiger partial charge on any atom is -0.486 e. The Kier molecular flexibility index (Phi) is 5.25. The fraction of sp³-hybridized carbons (Fsp3) is 0.316. The quantitative estimate of drug-likeness (QED) is 0.736. The van der Waals surface area contributed by atoms with Gasteiger partial charge in [0.05, 0.1) is 5.56 Å². The Morgan fingerprint density at radius 2 is 1.61 bits per heavy atom. The highest BCUT2D eigenvalue weighted by Crippen LogP contribution is 2.33. The monoisotopic (exact) mass is 386 g/mol. The summed E-state index contributed by atoms with van der Waals surface area (Å²) in [7, 11) is 0. The third-order valence-corrected chi connectivity index (χ3v) is 4.43. The lowest BCUT2D eigenvalue weighted by Crippen LogP contribution is -2.43. The molecule has 1 aromatic heterocycles. The zero-order valence-electron chi connectivity index (χ0n) is 15.7. The lowest BCUT2D eigenvalue weighted by atomic mass is 10.2. The van der Waals surface area contributed by atoms with Gasteiger partial charge in [-0.05, 0) is 32.0 Å². The van der Waals surface area contributed by atoms with Crippen molar-refractivity contribution in [3.8, 4) is 17.2 Å². The van der Waals surface area contributed by atoms with E-state index in [4.69, 9.17) is 20.9 Å². The second-order valence-corrected chi connectivity index (χ2v) is 6.54. The van der Waals surface area contributed by atoms with Crippen LogP contribution >= 0.6 is 0 Å². The van der Waals surface area contributed by atoms with E-state index in [0.717, 1.165) is 16.3 Å². The second kappa shape index (κ2) is 7.63. The van der Waals surface area contributed by atoms with Gasteiger partial charge in [-0.25, -0.2) is 0 Å². The summed E-state index contributed by atoms with van der Waals surface area (Å²) in [6.45, 7) is 3.82. The van der Waals surface area contributed by atoms with Gasteiger partial charge in [0.15, 0.2) is 11.5 Å². The number of carbonyl (C=O) groups is 3. The Hall–Kier alpha value is -3.49. The Bertz CT molecular complexity index is 934. The zero-order chi connectivity index (χ0) is 20.4. The number of primary amides is 2. The number of amides is 3. The van der Waals surface area contributed by atoms with Gasteiger partial charge in [-0.2, -0.15) is 0 Å². The van der Waals surface area contributed by atoms with Crippen LogP contribution in [0.3, 0.4) is 0 Å². The Balaban J connectivity index is 1.98. The largest absolute Gasteiger partial charge is 0.486 e. The van der Waals surface area contributed by atoms with Crippen molar-refractivity contribution in [2.75, 3.05) is 26.3 Å². The average Bonchev–Trinajstić information content (AvgIpc) is 2.93. The molecule has 1 aromatic carbocycles. The second-order valence-electron chi connectivity index (χ2n) is 6.54. The van der Waals surface area contributed by atoms with Crippen LogP contribution < -0.4 is 20.9 Å². The first kappa shape index (κ1) is 19.3. The van der Waals surface area contributed by atoms with Gasteiger partial charge in [0.25, 0.3) is 5.91 Å². The fourth-order valence-corrected chi connectivity index (χ4v) is 3.29. The molecule has 0 bridgehead atoms. The maximum absolute atomic E-state index is 12.9. The van der Waals surface area contributed by atoms with E-state index in [2.05, 4.69) is 0 Å². The molecule has 0 fully saturated rings. The molecule has 3 rings (SSSR count). The van der Waals surface area contributed by atoms with Crippen molar-refractivity contribution in [1.82, 2.24) is 9.47 Å². The molecule has 1 aliphatic heterocycles. The van der Waals surface area contributed by atoms with Crippen LogP contribution in [0.15, 0.2) is 24.3 Å². The predicted molar refractivity (Wildman–Crippen MR) is 101 cm³/mol. The third-order valence-electron chi connectivity index (χ3n) is 4.43. The summed E-state index contributed by atoms with van der Waals surface area (Å²) < 4.78 is 13.1. The van der Waals surface area contributed by atoms with Gasteiger partial charge in [0, 0.05) is 23.1 Å². The van der Waals surface area contributed by atoms with E-state index in [-0.39, 0.29) is 0 Å². The number of benzene rings is 1. The van der Waals surface area contributed by atoms with Crippen LogP contribution in [0.1, 0.15) is 21.7 Å². The SMILES string of the molecule is Cc1cc(C(=O)N(CC(N)=O)CC(N)=O)c(C)n1-c1ccc2c(c1)OCCO2. The Morgan fingerprint density at radius 1 is 1.00 bits per heavy atom. The van der Waals surface area contributed by atoms with Crippen molar-refractivity contribution in [2.24, 2.45) is 11.5 Å². The van der Waals surface area contributed by atoms with E-state index in [9.17, 15) is 14.4 Å². The maximum atomic E-state index is 12.9. The number of nitrogens with two attached hydrogens (primary N) is 2. The van der Waals surface area contributed by atoms with Crippen LogP contribution in [-0.2, 0) is 9.59 Å². The van der Waals surface area contributed by atoms with Gasteiger partial charge < -0.3 is 30.4 Å². The molecule has 0 spiro atoms. The number of carbonyl (C=O) groups excluding carboxylic acids is 3. The molecule has 0 saturated heterocycles. The molecular weight excluding hydrogens is 364 g/mol. The molecule has 0 unspecified atom stereocenters. The molecular formula is C19H22N4O5. The summed E-state index contributed by atoms with van der Waals surface area (Å²) in [5.41, 5.74) is 13.0. The number of aryl methyl sites for hydroxylation is 1. The number of ether oxygens (including phenoxy) is 2. The van der Waals surface area contributed by atoms with Crippen molar-refractivity contribution < 1.29 is 23.9 Å². The third kappa shape index (κ3) is 3.78. The highest BCUT2D eigenvalue weighted by Gasteiger charge is 2.25. The summed E-state index contributed by atoms with van der Waals surface area (Å²) in [5.74, 6) is -0.643. The van der Waals surface area contributed by atoms with Crippen molar-refractivity contribution in [2.45, 2.75) is 13.8 Å². The standard InChI is InChI=1S/C19H22N4O5/c1-11-7-14(19(26)22(9-17(20)24)10-18(21)25)12(2)23(11)13-3-4-15-16(8-13)28-6-5-27-15/h3-4,7-8H,5-6,9-10H2,1-2H3,(H2,20,24)(H2,21,25). The number of nitrogens with zero attached hydrogens (tertiary/aromatic N) is 2. The van der Waals surface area contributed by atoms with Gasteiger partial charge in [-0.1, -0.05) is 0 Å². The van der Waals surface area contributed by atoms with Gasteiger partial charge in [-0.3, -0.25) is 14.4 Å². The molecule has 28 heavy (non-hydrogen) atoms. The molecule has 148 valence electrons. The fourth-order valence-electron chi connectivity index (χ4n) is 3.29. The summed E-state index contributed by atoms with van der Waals surface area (Å²) in [6, 6.07) is 7.22. The van der Waals surface area contributed by atoms with E-state index in [1.807, 2.05) is 29.7 Å². The highest BCUT2D eigenvalue weighted by atomic mass is 16.6. The minimum absolute atomic E-state index is 0.356. The maximum Gasteiger partial charge on any atom is 0.256 e. The van der Waals surface area contributed by atoms with Crippen molar-refractivity contribution in [3.05, 3.63) is 41.2 Å². The number of rotatable bonds is 6. The number of aromatic nitrogens is 1. The van der Waals surface area contributed by atoms with Gasteiger partial charge in [0.1, 0.15) is 26.3 Å². The number of hydrogen-bond donors (Lipinski definition) is 2. The number of hydrogen-bond acceptors (Lipinski definition) is 5. The molecule has 0 radical (unpaired) electrons. The molecule has 3 amide bonds. The van der Waals surface area contributed by atoms with Crippen molar-refractivity contribution in [3.63, 3.8) is 0 Å². The van der Waals surface area contributed by atoms with E-state index in [1.165, 1.54) is 0 Å².